The van der Waals surface area contributed by atoms with Crippen LogP contribution in [-0.4, -0.2) is 42.6 Å². The van der Waals surface area contributed by atoms with Gasteiger partial charge in [0.05, 0.1) is 10.6 Å². The number of carbonyl (C=O) groups excluding carboxylic acids is 1. The average molecular weight is 385 g/mol. The molecule has 1 amide bonds. The minimum atomic E-state index is -3.30. The van der Waals surface area contributed by atoms with E-state index in [2.05, 4.69) is 20.8 Å². The fraction of sp³-hybridized carbons (Fsp3) is 0.357. The third-order valence-electron chi connectivity index (χ3n) is 3.18. The molecule has 0 unspecified atom stereocenters. The third kappa shape index (κ3) is 4.92. The van der Waals surface area contributed by atoms with Crippen molar-refractivity contribution < 1.29 is 13.2 Å². The molecule has 24 heavy (non-hydrogen) atoms. The number of carbonyl (C=O) groups is 1. The second-order valence-electron chi connectivity index (χ2n) is 5.43. The highest BCUT2D eigenvalue weighted by Gasteiger charge is 2.22. The summed E-state index contributed by atoms with van der Waals surface area (Å²) in [4.78, 5) is 12.2. The first-order chi connectivity index (χ1) is 11.4. The van der Waals surface area contributed by atoms with E-state index in [1.807, 2.05) is 0 Å². The summed E-state index contributed by atoms with van der Waals surface area (Å²) in [6, 6.07) is 6.70. The number of nitrogens with zero attached hydrogens (tertiary/aromatic N) is 2. The highest BCUT2D eigenvalue weighted by Crippen LogP contribution is 2.30. The molecule has 3 rings (SSSR count). The van der Waals surface area contributed by atoms with Gasteiger partial charge in [-0.15, -0.1) is 10.2 Å². The van der Waals surface area contributed by atoms with Gasteiger partial charge in [-0.05, 0) is 31.0 Å². The maximum atomic E-state index is 12.0. The molecular weight excluding hydrogens is 368 g/mol. The van der Waals surface area contributed by atoms with Gasteiger partial charge in [-0.25, -0.2) is 8.42 Å². The lowest BCUT2D eigenvalue weighted by molar-refractivity contribution is -0.113. The zero-order chi connectivity index (χ0) is 17.2. The molecule has 2 aromatic rings. The minimum absolute atomic E-state index is 0.174. The van der Waals surface area contributed by atoms with Gasteiger partial charge >= 0.3 is 0 Å². The van der Waals surface area contributed by atoms with Crippen molar-refractivity contribution in [3.63, 3.8) is 0 Å². The van der Waals surface area contributed by atoms with Crippen LogP contribution in [0.15, 0.2) is 33.5 Å². The minimum Gasteiger partial charge on any atom is -0.357 e. The van der Waals surface area contributed by atoms with Crippen molar-refractivity contribution in [1.82, 2.24) is 10.2 Å². The first-order valence-electron chi connectivity index (χ1n) is 7.23. The van der Waals surface area contributed by atoms with Crippen LogP contribution in [0.25, 0.3) is 0 Å². The van der Waals surface area contributed by atoms with E-state index >= 15 is 0 Å². The molecule has 1 aliphatic rings. The number of benzene rings is 1. The fourth-order valence-electron chi connectivity index (χ4n) is 1.86. The number of nitrogens with one attached hydrogen (secondary N) is 2. The Morgan fingerprint density at radius 1 is 1.38 bits per heavy atom. The molecular formula is C14H16N4O3S3. The SMILES string of the molecule is CS(=O)(=O)c1cccc(NC(=O)CSc2nnc(NC3CC3)s2)c1. The molecule has 0 saturated heterocycles. The summed E-state index contributed by atoms with van der Waals surface area (Å²) < 4.78 is 23.8. The number of sulfone groups is 1. The lowest BCUT2D eigenvalue weighted by Gasteiger charge is -2.06. The lowest BCUT2D eigenvalue weighted by Crippen LogP contribution is -2.14. The molecule has 1 aromatic heterocycles. The predicted molar refractivity (Wildman–Crippen MR) is 95.5 cm³/mol. The molecule has 1 aromatic carbocycles. The standard InChI is InChI=1S/C14H16N4O3S3/c1-24(20,21)11-4-2-3-10(7-11)15-12(19)8-22-14-18-17-13(23-14)16-9-5-6-9/h2-4,7,9H,5-6,8H2,1H3,(H,15,19)(H,16,17). The topological polar surface area (TPSA) is 101 Å². The van der Waals surface area contributed by atoms with E-state index < -0.39 is 9.84 Å². The Morgan fingerprint density at radius 3 is 2.88 bits per heavy atom. The van der Waals surface area contributed by atoms with E-state index in [0.717, 1.165) is 28.6 Å². The van der Waals surface area contributed by atoms with Gasteiger partial charge in [0.1, 0.15) is 0 Å². The zero-order valence-electron chi connectivity index (χ0n) is 12.9. The normalized spacial score (nSPS) is 14.4. The Kier molecular flexibility index (Phi) is 5.07. The third-order valence-corrected chi connectivity index (χ3v) is 6.28. The summed E-state index contributed by atoms with van der Waals surface area (Å²) in [5, 5.41) is 14.8. The van der Waals surface area contributed by atoms with E-state index in [1.165, 1.54) is 35.2 Å². The second-order valence-corrected chi connectivity index (χ2v) is 9.64. The van der Waals surface area contributed by atoms with E-state index in [1.54, 1.807) is 12.1 Å². The molecule has 1 heterocycles. The molecule has 2 N–H and O–H groups in total. The molecule has 0 bridgehead atoms. The van der Waals surface area contributed by atoms with Crippen LogP contribution in [0.4, 0.5) is 10.8 Å². The van der Waals surface area contributed by atoms with Gasteiger partial charge in [0.25, 0.3) is 0 Å². The molecule has 1 fully saturated rings. The van der Waals surface area contributed by atoms with Gasteiger partial charge in [0, 0.05) is 18.0 Å². The van der Waals surface area contributed by atoms with E-state index in [-0.39, 0.29) is 16.6 Å². The monoisotopic (exact) mass is 384 g/mol. The van der Waals surface area contributed by atoms with Crippen LogP contribution < -0.4 is 10.6 Å². The molecule has 0 aliphatic heterocycles. The van der Waals surface area contributed by atoms with Crippen LogP contribution in [0.1, 0.15) is 12.8 Å². The van der Waals surface area contributed by atoms with Crippen molar-refractivity contribution in [3.05, 3.63) is 24.3 Å². The second kappa shape index (κ2) is 7.08. The van der Waals surface area contributed by atoms with Crippen LogP contribution in [0.5, 0.6) is 0 Å². The van der Waals surface area contributed by atoms with Crippen molar-refractivity contribution in [3.8, 4) is 0 Å². The van der Waals surface area contributed by atoms with Crippen LogP contribution in [-0.2, 0) is 14.6 Å². The van der Waals surface area contributed by atoms with Crippen molar-refractivity contribution in [2.75, 3.05) is 22.6 Å². The summed E-state index contributed by atoms with van der Waals surface area (Å²) in [5.41, 5.74) is 0.455. The van der Waals surface area contributed by atoms with Crippen molar-refractivity contribution in [2.24, 2.45) is 0 Å². The van der Waals surface area contributed by atoms with Crippen LogP contribution in [0.2, 0.25) is 0 Å². The Hall–Kier alpha value is -1.65. The average Bonchev–Trinajstić information content (AvgIpc) is 3.21. The number of rotatable bonds is 7. The fourth-order valence-corrected chi connectivity index (χ4v) is 4.15. The summed E-state index contributed by atoms with van der Waals surface area (Å²) >= 11 is 2.73. The molecule has 0 spiro atoms. The Bertz CT molecular complexity index is 846. The van der Waals surface area contributed by atoms with Gasteiger partial charge in [-0.3, -0.25) is 4.79 Å². The maximum absolute atomic E-state index is 12.0. The molecule has 128 valence electrons. The summed E-state index contributed by atoms with van der Waals surface area (Å²) in [6.45, 7) is 0. The first-order valence-corrected chi connectivity index (χ1v) is 10.9. The lowest BCUT2D eigenvalue weighted by atomic mass is 10.3. The van der Waals surface area contributed by atoms with E-state index in [9.17, 15) is 13.2 Å². The first kappa shape index (κ1) is 17.2. The van der Waals surface area contributed by atoms with Crippen molar-refractivity contribution in [2.45, 2.75) is 28.1 Å². The molecule has 1 saturated carbocycles. The maximum Gasteiger partial charge on any atom is 0.234 e. The van der Waals surface area contributed by atoms with Gasteiger partial charge < -0.3 is 10.6 Å². The highest BCUT2D eigenvalue weighted by atomic mass is 32.2. The van der Waals surface area contributed by atoms with E-state index in [4.69, 9.17) is 0 Å². The number of hydrogen-bond donors (Lipinski definition) is 2. The zero-order valence-corrected chi connectivity index (χ0v) is 15.3. The Labute approximate surface area is 148 Å². The molecule has 0 atom stereocenters. The number of anilines is 2. The molecule has 7 nitrogen and oxygen atoms in total. The number of thioether (sulfide) groups is 1. The smallest absolute Gasteiger partial charge is 0.234 e. The summed E-state index contributed by atoms with van der Waals surface area (Å²) in [5.74, 6) is -0.0428. The highest BCUT2D eigenvalue weighted by molar-refractivity contribution is 8.01. The van der Waals surface area contributed by atoms with Crippen molar-refractivity contribution in [1.29, 1.82) is 0 Å². The number of amides is 1. The summed E-state index contributed by atoms with van der Waals surface area (Å²) in [6.07, 6.45) is 3.46. The predicted octanol–water partition coefficient (Wildman–Crippen LogP) is 2.25. The van der Waals surface area contributed by atoms with E-state index in [0.29, 0.717) is 11.7 Å². The van der Waals surface area contributed by atoms with Crippen LogP contribution >= 0.6 is 23.1 Å². The Balaban J connectivity index is 1.53. The quantitative estimate of drug-likeness (QED) is 0.706. The molecule has 0 radical (unpaired) electrons. The van der Waals surface area contributed by atoms with Crippen LogP contribution in [0.3, 0.4) is 0 Å². The van der Waals surface area contributed by atoms with Gasteiger partial charge in [-0.2, -0.15) is 0 Å². The Morgan fingerprint density at radius 2 is 2.17 bits per heavy atom. The largest absolute Gasteiger partial charge is 0.357 e. The van der Waals surface area contributed by atoms with Gasteiger partial charge in [-0.1, -0.05) is 29.2 Å². The van der Waals surface area contributed by atoms with Crippen molar-refractivity contribution >= 4 is 49.7 Å². The number of aromatic nitrogens is 2. The van der Waals surface area contributed by atoms with Gasteiger partial charge in [0.15, 0.2) is 14.2 Å². The number of hydrogen-bond acceptors (Lipinski definition) is 8. The molecule has 10 heteroatoms. The van der Waals surface area contributed by atoms with Gasteiger partial charge in [0.2, 0.25) is 11.0 Å². The van der Waals surface area contributed by atoms with Crippen LogP contribution in [0, 0.1) is 0 Å². The summed E-state index contributed by atoms with van der Waals surface area (Å²) in [7, 11) is -3.30. The molecule has 1 aliphatic carbocycles.